The van der Waals surface area contributed by atoms with Crippen molar-refractivity contribution in [2.75, 3.05) is 20.7 Å². The molecule has 24 heavy (non-hydrogen) atoms. The van der Waals surface area contributed by atoms with E-state index in [-0.39, 0.29) is 36.2 Å². The van der Waals surface area contributed by atoms with Crippen molar-refractivity contribution in [2.24, 2.45) is 5.92 Å². The molecule has 0 aliphatic heterocycles. The number of rotatable bonds is 8. The molecule has 0 fully saturated rings. The number of benzene rings is 1. The number of amides is 2. The molecule has 0 saturated carbocycles. The van der Waals surface area contributed by atoms with Crippen LogP contribution in [-0.2, 0) is 4.79 Å². The number of hydrogen-bond acceptors (Lipinski definition) is 4. The summed E-state index contributed by atoms with van der Waals surface area (Å²) < 4.78 is 5.19. The highest BCUT2D eigenvalue weighted by molar-refractivity contribution is 5.99. The molecule has 6 nitrogen and oxygen atoms in total. The number of carbonyl (C=O) groups excluding carboxylic acids is 2. The van der Waals surface area contributed by atoms with Crippen molar-refractivity contribution in [3.05, 3.63) is 29.8 Å². The molecule has 2 unspecified atom stereocenters. The van der Waals surface area contributed by atoms with Crippen LogP contribution in [0, 0.1) is 5.92 Å². The van der Waals surface area contributed by atoms with Crippen molar-refractivity contribution in [2.45, 2.75) is 32.9 Å². The average molecular weight is 358 g/mol. The minimum atomic E-state index is -0.600. The third kappa shape index (κ3) is 6.37. The standard InChI is InChI=1S/C17H27N3O3.ClH/c1-11(2)15(17(22)19-10-12(3)18-4)20-16(21)13-8-6-7-9-14(13)23-5;/h6-9,11-12,15,18H,10H2,1-5H3,(H,19,22)(H,20,21);1H. The second-order valence-electron chi connectivity index (χ2n) is 5.83. The summed E-state index contributed by atoms with van der Waals surface area (Å²) in [6, 6.07) is 6.51. The quantitative estimate of drug-likeness (QED) is 0.660. The first kappa shape index (κ1) is 22.2. The summed E-state index contributed by atoms with van der Waals surface area (Å²) >= 11 is 0. The van der Waals surface area contributed by atoms with Gasteiger partial charge in [0, 0.05) is 12.6 Å². The zero-order chi connectivity index (χ0) is 17.4. The Morgan fingerprint density at radius 3 is 2.33 bits per heavy atom. The topological polar surface area (TPSA) is 79.5 Å². The number of likely N-dealkylation sites (N-methyl/N-ethyl adjacent to an activating group) is 1. The molecule has 0 aromatic heterocycles. The Morgan fingerprint density at radius 1 is 1.17 bits per heavy atom. The Morgan fingerprint density at radius 2 is 1.79 bits per heavy atom. The van der Waals surface area contributed by atoms with Crippen LogP contribution in [0.2, 0.25) is 0 Å². The Labute approximate surface area is 150 Å². The number of carbonyl (C=O) groups is 2. The monoisotopic (exact) mass is 357 g/mol. The van der Waals surface area contributed by atoms with Crippen LogP contribution < -0.4 is 20.7 Å². The van der Waals surface area contributed by atoms with Crippen LogP contribution in [0.15, 0.2) is 24.3 Å². The molecule has 1 aromatic rings. The van der Waals surface area contributed by atoms with Crippen LogP contribution in [0.5, 0.6) is 5.75 Å². The molecule has 0 saturated heterocycles. The highest BCUT2D eigenvalue weighted by Crippen LogP contribution is 2.17. The zero-order valence-corrected chi connectivity index (χ0v) is 15.7. The first-order valence-corrected chi connectivity index (χ1v) is 7.79. The first-order valence-electron chi connectivity index (χ1n) is 7.79. The minimum Gasteiger partial charge on any atom is -0.496 e. The van der Waals surface area contributed by atoms with Crippen molar-refractivity contribution in [1.82, 2.24) is 16.0 Å². The van der Waals surface area contributed by atoms with Crippen LogP contribution >= 0.6 is 12.4 Å². The average Bonchev–Trinajstić information content (AvgIpc) is 2.56. The molecular weight excluding hydrogens is 330 g/mol. The summed E-state index contributed by atoms with van der Waals surface area (Å²) in [6.07, 6.45) is 0. The number of halogens is 1. The van der Waals surface area contributed by atoms with E-state index in [2.05, 4.69) is 16.0 Å². The lowest BCUT2D eigenvalue weighted by Gasteiger charge is -2.23. The second-order valence-corrected chi connectivity index (χ2v) is 5.83. The van der Waals surface area contributed by atoms with Crippen molar-refractivity contribution in [3.8, 4) is 5.75 Å². The lowest BCUT2D eigenvalue weighted by molar-refractivity contribution is -0.124. The SMILES string of the molecule is CNC(C)CNC(=O)C(NC(=O)c1ccccc1OC)C(C)C.Cl. The van der Waals surface area contributed by atoms with Crippen LogP contribution in [0.3, 0.4) is 0 Å². The Bertz CT molecular complexity index is 538. The van der Waals surface area contributed by atoms with Crippen molar-refractivity contribution >= 4 is 24.2 Å². The predicted molar refractivity (Wildman–Crippen MR) is 97.9 cm³/mol. The van der Waals surface area contributed by atoms with Crippen LogP contribution in [0.1, 0.15) is 31.1 Å². The number of methoxy groups -OCH3 is 1. The molecule has 2 amide bonds. The Hall–Kier alpha value is -1.79. The van der Waals surface area contributed by atoms with E-state index in [1.165, 1.54) is 7.11 Å². The van der Waals surface area contributed by atoms with Gasteiger partial charge in [0.2, 0.25) is 5.91 Å². The molecule has 7 heteroatoms. The molecule has 0 bridgehead atoms. The number of nitrogens with one attached hydrogen (secondary N) is 3. The molecule has 1 rings (SSSR count). The third-order valence-electron chi connectivity index (χ3n) is 3.66. The minimum absolute atomic E-state index is 0. The van der Waals surface area contributed by atoms with Crippen LogP contribution in [0.4, 0.5) is 0 Å². The molecule has 0 aliphatic carbocycles. The molecule has 3 N–H and O–H groups in total. The smallest absolute Gasteiger partial charge is 0.255 e. The van der Waals surface area contributed by atoms with Gasteiger partial charge in [-0.1, -0.05) is 26.0 Å². The van der Waals surface area contributed by atoms with E-state index in [1.54, 1.807) is 24.3 Å². The predicted octanol–water partition coefficient (Wildman–Crippen LogP) is 1.60. The third-order valence-corrected chi connectivity index (χ3v) is 3.66. The van der Waals surface area contributed by atoms with Gasteiger partial charge in [-0.3, -0.25) is 9.59 Å². The molecule has 0 aliphatic rings. The van der Waals surface area contributed by atoms with Crippen molar-refractivity contribution in [3.63, 3.8) is 0 Å². The second kappa shape index (κ2) is 10.9. The van der Waals surface area contributed by atoms with Gasteiger partial charge in [0.15, 0.2) is 0 Å². The van der Waals surface area contributed by atoms with Gasteiger partial charge < -0.3 is 20.7 Å². The maximum atomic E-state index is 12.5. The number of hydrogen-bond donors (Lipinski definition) is 3. The highest BCUT2D eigenvalue weighted by atomic mass is 35.5. The van der Waals surface area contributed by atoms with Crippen LogP contribution in [0.25, 0.3) is 0 Å². The van der Waals surface area contributed by atoms with Gasteiger partial charge in [-0.25, -0.2) is 0 Å². The number of ether oxygens (including phenoxy) is 1. The summed E-state index contributed by atoms with van der Waals surface area (Å²) in [5, 5.41) is 8.70. The molecule has 2 atom stereocenters. The largest absolute Gasteiger partial charge is 0.496 e. The fourth-order valence-electron chi connectivity index (χ4n) is 2.05. The van der Waals surface area contributed by atoms with Gasteiger partial charge in [0.25, 0.3) is 5.91 Å². The summed E-state index contributed by atoms with van der Waals surface area (Å²) in [7, 11) is 3.35. The van der Waals surface area contributed by atoms with Gasteiger partial charge >= 0.3 is 0 Å². The van der Waals surface area contributed by atoms with Crippen molar-refractivity contribution in [1.29, 1.82) is 0 Å². The van der Waals surface area contributed by atoms with E-state index in [1.807, 2.05) is 27.8 Å². The Balaban J connectivity index is 0.00000529. The highest BCUT2D eigenvalue weighted by Gasteiger charge is 2.25. The maximum absolute atomic E-state index is 12.5. The van der Waals surface area contributed by atoms with Crippen molar-refractivity contribution < 1.29 is 14.3 Å². The van der Waals surface area contributed by atoms with E-state index in [9.17, 15) is 9.59 Å². The molecule has 0 heterocycles. The molecular formula is C17H28ClN3O3. The van der Waals surface area contributed by atoms with Crippen LogP contribution in [-0.4, -0.2) is 44.6 Å². The lowest BCUT2D eigenvalue weighted by Crippen LogP contribution is -2.51. The summed E-state index contributed by atoms with van der Waals surface area (Å²) in [4.78, 5) is 24.8. The fraction of sp³-hybridized carbons (Fsp3) is 0.529. The summed E-state index contributed by atoms with van der Waals surface area (Å²) in [5.74, 6) is -0.0569. The maximum Gasteiger partial charge on any atom is 0.255 e. The molecule has 0 spiro atoms. The van der Waals surface area contributed by atoms with E-state index in [4.69, 9.17) is 4.74 Å². The summed E-state index contributed by atoms with van der Waals surface area (Å²) in [6.45, 7) is 6.27. The summed E-state index contributed by atoms with van der Waals surface area (Å²) in [5.41, 5.74) is 0.414. The first-order chi connectivity index (χ1) is 10.9. The van der Waals surface area contributed by atoms with E-state index in [0.717, 1.165) is 0 Å². The zero-order valence-electron chi connectivity index (χ0n) is 14.9. The normalized spacial score (nSPS) is 12.8. The van der Waals surface area contributed by atoms with Gasteiger partial charge in [0.05, 0.1) is 12.7 Å². The fourth-order valence-corrected chi connectivity index (χ4v) is 2.05. The van der Waals surface area contributed by atoms with E-state index < -0.39 is 6.04 Å². The Kier molecular flexibility index (Phi) is 10.1. The molecule has 1 aromatic carbocycles. The molecule has 0 radical (unpaired) electrons. The van der Waals surface area contributed by atoms with E-state index in [0.29, 0.717) is 17.9 Å². The lowest BCUT2D eigenvalue weighted by atomic mass is 10.0. The van der Waals surface area contributed by atoms with E-state index >= 15 is 0 Å². The molecule has 136 valence electrons. The number of para-hydroxylation sites is 1. The van der Waals surface area contributed by atoms with Gasteiger partial charge in [0.1, 0.15) is 11.8 Å². The van der Waals surface area contributed by atoms with Gasteiger partial charge in [-0.2, -0.15) is 0 Å². The van der Waals surface area contributed by atoms with Gasteiger partial charge in [-0.05, 0) is 32.0 Å². The van der Waals surface area contributed by atoms with Gasteiger partial charge in [-0.15, -0.1) is 12.4 Å².